The van der Waals surface area contributed by atoms with Crippen molar-refractivity contribution in [1.29, 1.82) is 0 Å². The van der Waals surface area contributed by atoms with Crippen LogP contribution in [0.25, 0.3) is 10.9 Å². The fourth-order valence-corrected chi connectivity index (χ4v) is 3.16. The largest absolute Gasteiger partial charge is 0.357 e. The number of benzene rings is 1. The molecule has 19 heavy (non-hydrogen) atoms. The molecule has 0 bridgehead atoms. The molecule has 1 aromatic carbocycles. The molecule has 2 aromatic rings. The number of nitrogens with one attached hydrogen (secondary N) is 2. The highest BCUT2D eigenvalue weighted by molar-refractivity contribution is 5.85. The lowest BCUT2D eigenvalue weighted by molar-refractivity contribution is 0.447. The first kappa shape index (κ1) is 12.7. The number of rotatable bonds is 5. The molecule has 3 heteroatoms. The average molecular weight is 257 g/mol. The predicted molar refractivity (Wildman–Crippen MR) is 80.3 cm³/mol. The molecule has 1 aromatic heterocycles. The second kappa shape index (κ2) is 5.76. The molecule has 1 aliphatic rings. The highest BCUT2D eigenvalue weighted by atomic mass is 14.9. The summed E-state index contributed by atoms with van der Waals surface area (Å²) in [5.74, 6) is 0. The van der Waals surface area contributed by atoms with E-state index < -0.39 is 0 Å². The molecule has 1 aliphatic carbocycles. The highest BCUT2D eigenvalue weighted by Crippen LogP contribution is 2.34. The van der Waals surface area contributed by atoms with E-state index in [2.05, 4.69) is 34.6 Å². The summed E-state index contributed by atoms with van der Waals surface area (Å²) >= 11 is 0. The summed E-state index contributed by atoms with van der Waals surface area (Å²) in [6.45, 7) is 1.86. The van der Waals surface area contributed by atoms with Crippen molar-refractivity contribution < 1.29 is 0 Å². The maximum atomic E-state index is 5.54. The Hall–Kier alpha value is -1.32. The van der Waals surface area contributed by atoms with Crippen molar-refractivity contribution in [3.8, 4) is 0 Å². The van der Waals surface area contributed by atoms with Gasteiger partial charge in [0.1, 0.15) is 0 Å². The van der Waals surface area contributed by atoms with E-state index in [1.807, 2.05) is 0 Å². The van der Waals surface area contributed by atoms with Gasteiger partial charge in [-0.15, -0.1) is 0 Å². The number of hydrogen-bond donors (Lipinski definition) is 3. The van der Waals surface area contributed by atoms with Gasteiger partial charge in [0.25, 0.3) is 0 Å². The first-order valence-corrected chi connectivity index (χ1v) is 7.43. The zero-order chi connectivity index (χ0) is 13.1. The van der Waals surface area contributed by atoms with Crippen LogP contribution in [-0.4, -0.2) is 18.1 Å². The third kappa shape index (κ3) is 2.53. The summed E-state index contributed by atoms with van der Waals surface area (Å²) in [4.78, 5) is 3.62. The van der Waals surface area contributed by atoms with Crippen LogP contribution in [0.4, 0.5) is 0 Å². The third-order valence-corrected chi connectivity index (χ3v) is 4.14. The summed E-state index contributed by atoms with van der Waals surface area (Å²) in [6, 6.07) is 9.15. The van der Waals surface area contributed by atoms with Crippen LogP contribution in [0.5, 0.6) is 0 Å². The summed E-state index contributed by atoms with van der Waals surface area (Å²) < 4.78 is 0. The van der Waals surface area contributed by atoms with E-state index in [0.717, 1.165) is 19.5 Å². The van der Waals surface area contributed by atoms with Crippen LogP contribution < -0.4 is 11.1 Å². The molecule has 0 saturated carbocycles. The predicted octanol–water partition coefficient (Wildman–Crippen LogP) is 2.87. The fraction of sp³-hybridized carbons (Fsp3) is 0.500. The smallest absolute Gasteiger partial charge is 0.0476 e. The van der Waals surface area contributed by atoms with Crippen LogP contribution in [-0.2, 0) is 6.42 Å². The van der Waals surface area contributed by atoms with Gasteiger partial charge in [0.2, 0.25) is 0 Å². The molecule has 4 N–H and O–H groups in total. The topological polar surface area (TPSA) is 53.8 Å². The van der Waals surface area contributed by atoms with Crippen molar-refractivity contribution in [1.82, 2.24) is 10.3 Å². The van der Waals surface area contributed by atoms with Crippen molar-refractivity contribution in [3.05, 3.63) is 35.5 Å². The van der Waals surface area contributed by atoms with Gasteiger partial charge in [0.15, 0.2) is 0 Å². The molecule has 3 nitrogen and oxygen atoms in total. The van der Waals surface area contributed by atoms with Crippen molar-refractivity contribution in [3.63, 3.8) is 0 Å². The van der Waals surface area contributed by atoms with Gasteiger partial charge < -0.3 is 16.0 Å². The zero-order valence-electron chi connectivity index (χ0n) is 11.4. The van der Waals surface area contributed by atoms with Gasteiger partial charge in [-0.1, -0.05) is 18.2 Å². The van der Waals surface area contributed by atoms with Crippen molar-refractivity contribution in [2.45, 2.75) is 38.1 Å². The molecule has 102 valence electrons. The van der Waals surface area contributed by atoms with Gasteiger partial charge in [-0.25, -0.2) is 0 Å². The molecule has 0 spiro atoms. The van der Waals surface area contributed by atoms with Gasteiger partial charge in [0, 0.05) is 22.6 Å². The van der Waals surface area contributed by atoms with E-state index in [-0.39, 0.29) is 0 Å². The van der Waals surface area contributed by atoms with Crippen molar-refractivity contribution >= 4 is 10.9 Å². The summed E-state index contributed by atoms with van der Waals surface area (Å²) in [5.41, 5.74) is 9.76. The van der Waals surface area contributed by atoms with Crippen LogP contribution in [0.1, 0.15) is 43.0 Å². The molecular formula is C16H23N3. The van der Waals surface area contributed by atoms with Crippen molar-refractivity contribution in [2.75, 3.05) is 13.1 Å². The SMILES string of the molecule is NCCCCNC1CCCc2c1[nH]c1ccccc21. The van der Waals surface area contributed by atoms with Crippen LogP contribution in [0.2, 0.25) is 0 Å². The third-order valence-electron chi connectivity index (χ3n) is 4.14. The minimum absolute atomic E-state index is 0.494. The Balaban J connectivity index is 1.79. The lowest BCUT2D eigenvalue weighted by Gasteiger charge is -2.24. The summed E-state index contributed by atoms with van der Waals surface area (Å²) in [6.07, 6.45) is 6.01. The number of hydrogen-bond acceptors (Lipinski definition) is 2. The Labute approximate surface area is 114 Å². The average Bonchev–Trinajstić information content (AvgIpc) is 2.83. The van der Waals surface area contributed by atoms with Gasteiger partial charge in [0.05, 0.1) is 0 Å². The van der Waals surface area contributed by atoms with E-state index in [1.54, 1.807) is 0 Å². The molecule has 1 unspecified atom stereocenters. The molecule has 0 amide bonds. The lowest BCUT2D eigenvalue weighted by Crippen LogP contribution is -2.26. The monoisotopic (exact) mass is 257 g/mol. The number of para-hydroxylation sites is 1. The van der Waals surface area contributed by atoms with Gasteiger partial charge in [-0.2, -0.15) is 0 Å². The molecule has 1 heterocycles. The Bertz CT molecular complexity index is 544. The minimum Gasteiger partial charge on any atom is -0.357 e. The minimum atomic E-state index is 0.494. The Morgan fingerprint density at radius 3 is 3.05 bits per heavy atom. The molecular weight excluding hydrogens is 234 g/mol. The molecule has 0 fully saturated rings. The molecule has 0 aliphatic heterocycles. The van der Waals surface area contributed by atoms with Gasteiger partial charge in [-0.3, -0.25) is 0 Å². The Morgan fingerprint density at radius 2 is 2.16 bits per heavy atom. The van der Waals surface area contributed by atoms with E-state index in [1.165, 1.54) is 47.8 Å². The number of nitrogens with two attached hydrogens (primary N) is 1. The number of fused-ring (bicyclic) bond motifs is 3. The quantitative estimate of drug-likeness (QED) is 0.721. The molecule has 3 rings (SSSR count). The normalized spacial score (nSPS) is 18.7. The standard InChI is InChI=1S/C16H23N3/c17-10-3-4-11-18-15-9-5-7-13-12-6-1-2-8-14(12)19-16(13)15/h1-2,6,8,15,18-19H,3-5,7,9-11,17H2. The van der Waals surface area contributed by atoms with Crippen molar-refractivity contribution in [2.24, 2.45) is 5.73 Å². The zero-order valence-corrected chi connectivity index (χ0v) is 11.4. The first-order valence-electron chi connectivity index (χ1n) is 7.43. The van der Waals surface area contributed by atoms with Crippen LogP contribution >= 0.6 is 0 Å². The number of aryl methyl sites for hydroxylation is 1. The van der Waals surface area contributed by atoms with E-state index in [4.69, 9.17) is 5.73 Å². The first-order chi connectivity index (χ1) is 9.40. The Kier molecular flexibility index (Phi) is 3.85. The second-order valence-corrected chi connectivity index (χ2v) is 5.46. The number of aromatic nitrogens is 1. The van der Waals surface area contributed by atoms with Gasteiger partial charge in [-0.05, 0) is 56.8 Å². The van der Waals surface area contributed by atoms with Crippen LogP contribution in [0, 0.1) is 0 Å². The number of H-pyrrole nitrogens is 1. The maximum absolute atomic E-state index is 5.54. The molecule has 0 radical (unpaired) electrons. The Morgan fingerprint density at radius 1 is 1.26 bits per heavy atom. The van der Waals surface area contributed by atoms with Crippen LogP contribution in [0.3, 0.4) is 0 Å². The van der Waals surface area contributed by atoms with E-state index in [9.17, 15) is 0 Å². The maximum Gasteiger partial charge on any atom is 0.0476 e. The molecule has 0 saturated heterocycles. The number of aromatic amines is 1. The van der Waals surface area contributed by atoms with E-state index >= 15 is 0 Å². The highest BCUT2D eigenvalue weighted by Gasteiger charge is 2.23. The fourth-order valence-electron chi connectivity index (χ4n) is 3.16. The van der Waals surface area contributed by atoms with E-state index in [0.29, 0.717) is 6.04 Å². The van der Waals surface area contributed by atoms with Crippen LogP contribution in [0.15, 0.2) is 24.3 Å². The number of unbranched alkanes of at least 4 members (excludes halogenated alkanes) is 1. The van der Waals surface area contributed by atoms with Gasteiger partial charge >= 0.3 is 0 Å². The summed E-state index contributed by atoms with van der Waals surface area (Å²) in [7, 11) is 0. The molecule has 1 atom stereocenters. The summed E-state index contributed by atoms with van der Waals surface area (Å²) in [5, 5.41) is 5.10. The lowest BCUT2D eigenvalue weighted by atomic mass is 9.91. The second-order valence-electron chi connectivity index (χ2n) is 5.46.